The molecule has 1 amide bonds. The van der Waals surface area contributed by atoms with Gasteiger partial charge in [0.05, 0.1) is 4.90 Å². The first kappa shape index (κ1) is 23.6. The molecule has 0 bridgehead atoms. The normalized spacial score (nSPS) is 15.3. The molecule has 0 spiro atoms. The molecule has 0 aliphatic carbocycles. The molecule has 3 aromatic rings. The second-order valence-corrected chi connectivity index (χ2v) is 11.0. The standard InChI is InChI=1S/C25H26BrN3O3S/c1-19-2-12-24(13-3-19)33(31,32)29-16-14-28(15-17-29)18-20-4-6-21(7-5-20)25(30)27-23-10-8-22(26)9-11-23/h2-13H,14-18H2,1H3,(H,27,30). The number of hydrogen-bond donors (Lipinski definition) is 1. The van der Waals surface area contributed by atoms with Crippen LogP contribution in [0.15, 0.2) is 82.2 Å². The maximum Gasteiger partial charge on any atom is 0.255 e. The van der Waals surface area contributed by atoms with Gasteiger partial charge in [-0.3, -0.25) is 9.69 Å². The molecule has 1 aliphatic rings. The summed E-state index contributed by atoms with van der Waals surface area (Å²) in [5, 5.41) is 2.89. The van der Waals surface area contributed by atoms with E-state index in [9.17, 15) is 13.2 Å². The topological polar surface area (TPSA) is 69.7 Å². The molecule has 6 nitrogen and oxygen atoms in total. The van der Waals surface area contributed by atoms with Crippen molar-refractivity contribution < 1.29 is 13.2 Å². The van der Waals surface area contributed by atoms with Gasteiger partial charge in [0.2, 0.25) is 10.0 Å². The van der Waals surface area contributed by atoms with Gasteiger partial charge in [-0.2, -0.15) is 4.31 Å². The SMILES string of the molecule is Cc1ccc(S(=O)(=O)N2CCN(Cc3ccc(C(=O)Nc4ccc(Br)cc4)cc3)CC2)cc1. The first-order valence-corrected chi connectivity index (χ1v) is 13.0. The van der Waals surface area contributed by atoms with Crippen molar-refractivity contribution >= 4 is 37.5 Å². The van der Waals surface area contributed by atoms with Crippen LogP contribution in [-0.2, 0) is 16.6 Å². The zero-order valence-corrected chi connectivity index (χ0v) is 20.8. The number of rotatable bonds is 6. The zero-order valence-electron chi connectivity index (χ0n) is 18.4. The highest BCUT2D eigenvalue weighted by molar-refractivity contribution is 9.10. The fourth-order valence-electron chi connectivity index (χ4n) is 3.74. The summed E-state index contributed by atoms with van der Waals surface area (Å²) in [7, 11) is -3.46. The lowest BCUT2D eigenvalue weighted by Crippen LogP contribution is -2.48. The van der Waals surface area contributed by atoms with Gasteiger partial charge in [-0.15, -0.1) is 0 Å². The molecular weight excluding hydrogens is 502 g/mol. The predicted molar refractivity (Wildman–Crippen MR) is 134 cm³/mol. The van der Waals surface area contributed by atoms with Crippen molar-refractivity contribution in [2.45, 2.75) is 18.4 Å². The summed E-state index contributed by atoms with van der Waals surface area (Å²) in [6, 6.07) is 22.0. The number of hydrogen-bond acceptors (Lipinski definition) is 4. The molecule has 0 radical (unpaired) electrons. The molecular formula is C25H26BrN3O3S. The highest BCUT2D eigenvalue weighted by atomic mass is 79.9. The molecule has 0 saturated carbocycles. The number of carbonyl (C=O) groups excluding carboxylic acids is 1. The third-order valence-electron chi connectivity index (χ3n) is 5.71. The zero-order chi connectivity index (χ0) is 23.4. The van der Waals surface area contributed by atoms with E-state index in [4.69, 9.17) is 0 Å². The summed E-state index contributed by atoms with van der Waals surface area (Å²) < 4.78 is 28.3. The lowest BCUT2D eigenvalue weighted by Gasteiger charge is -2.34. The summed E-state index contributed by atoms with van der Waals surface area (Å²) in [5.41, 5.74) is 3.46. The average molecular weight is 528 g/mol. The van der Waals surface area contributed by atoms with Crippen LogP contribution < -0.4 is 5.32 Å². The van der Waals surface area contributed by atoms with E-state index in [0.717, 1.165) is 21.3 Å². The Morgan fingerprint density at radius 1 is 0.879 bits per heavy atom. The Labute approximate surface area is 203 Å². The summed E-state index contributed by atoms with van der Waals surface area (Å²) in [5.74, 6) is -0.154. The summed E-state index contributed by atoms with van der Waals surface area (Å²) in [6.07, 6.45) is 0. The van der Waals surface area contributed by atoms with Crippen LogP contribution >= 0.6 is 15.9 Å². The van der Waals surface area contributed by atoms with Gasteiger partial charge in [0.15, 0.2) is 0 Å². The lowest BCUT2D eigenvalue weighted by atomic mass is 10.1. The number of carbonyl (C=O) groups is 1. The number of sulfonamides is 1. The second kappa shape index (κ2) is 10.2. The van der Waals surface area contributed by atoms with Gasteiger partial charge in [-0.25, -0.2) is 8.42 Å². The Balaban J connectivity index is 1.31. The highest BCUT2D eigenvalue weighted by Gasteiger charge is 2.28. The molecule has 1 heterocycles. The van der Waals surface area contributed by atoms with E-state index in [1.54, 1.807) is 16.4 Å². The van der Waals surface area contributed by atoms with E-state index < -0.39 is 10.0 Å². The molecule has 33 heavy (non-hydrogen) atoms. The molecule has 1 aliphatic heterocycles. The van der Waals surface area contributed by atoms with E-state index in [-0.39, 0.29) is 5.91 Å². The van der Waals surface area contributed by atoms with Crippen LogP contribution in [0.25, 0.3) is 0 Å². The minimum absolute atomic E-state index is 0.154. The molecule has 0 aromatic heterocycles. The predicted octanol–water partition coefficient (Wildman–Crippen LogP) is 4.52. The van der Waals surface area contributed by atoms with E-state index in [1.165, 1.54) is 0 Å². The first-order chi connectivity index (χ1) is 15.8. The third-order valence-corrected chi connectivity index (χ3v) is 8.16. The number of piperazine rings is 1. The Hall–Kier alpha value is -2.52. The van der Waals surface area contributed by atoms with Crippen LogP contribution in [0, 0.1) is 6.92 Å². The van der Waals surface area contributed by atoms with Crippen LogP contribution in [0.4, 0.5) is 5.69 Å². The fraction of sp³-hybridized carbons (Fsp3) is 0.240. The number of nitrogens with zero attached hydrogens (tertiary/aromatic N) is 2. The van der Waals surface area contributed by atoms with Crippen molar-refractivity contribution in [3.63, 3.8) is 0 Å². The number of anilines is 1. The van der Waals surface area contributed by atoms with Gasteiger partial charge >= 0.3 is 0 Å². The fourth-order valence-corrected chi connectivity index (χ4v) is 5.43. The van der Waals surface area contributed by atoms with Gasteiger partial charge in [-0.1, -0.05) is 45.8 Å². The van der Waals surface area contributed by atoms with Crippen LogP contribution in [0.5, 0.6) is 0 Å². The second-order valence-electron chi connectivity index (χ2n) is 8.15. The van der Waals surface area contributed by atoms with Crippen LogP contribution in [0.2, 0.25) is 0 Å². The minimum Gasteiger partial charge on any atom is -0.322 e. The molecule has 1 fully saturated rings. The molecule has 8 heteroatoms. The van der Waals surface area contributed by atoms with Crippen LogP contribution in [0.1, 0.15) is 21.5 Å². The third kappa shape index (κ3) is 5.89. The lowest BCUT2D eigenvalue weighted by molar-refractivity contribution is 0.102. The number of nitrogens with one attached hydrogen (secondary N) is 1. The van der Waals surface area contributed by atoms with Crippen molar-refractivity contribution in [3.8, 4) is 0 Å². The van der Waals surface area contributed by atoms with Crippen molar-refractivity contribution in [2.75, 3.05) is 31.5 Å². The molecule has 172 valence electrons. The molecule has 0 unspecified atom stereocenters. The van der Waals surface area contributed by atoms with Gasteiger partial charge in [0, 0.05) is 48.4 Å². The van der Waals surface area contributed by atoms with Gasteiger partial charge < -0.3 is 5.32 Å². The van der Waals surface area contributed by atoms with Crippen LogP contribution in [-0.4, -0.2) is 49.7 Å². The molecule has 4 rings (SSSR count). The number of benzene rings is 3. The summed E-state index contributed by atoms with van der Waals surface area (Å²) in [6.45, 7) is 4.91. The Bertz CT molecular complexity index is 1200. The maximum atomic E-state index is 12.9. The first-order valence-electron chi connectivity index (χ1n) is 10.8. The van der Waals surface area contributed by atoms with Gasteiger partial charge in [0.25, 0.3) is 5.91 Å². The molecule has 0 atom stereocenters. The van der Waals surface area contributed by atoms with Crippen molar-refractivity contribution in [2.24, 2.45) is 0 Å². The smallest absolute Gasteiger partial charge is 0.255 e. The van der Waals surface area contributed by atoms with E-state index in [0.29, 0.717) is 43.2 Å². The van der Waals surface area contributed by atoms with Crippen molar-refractivity contribution in [1.82, 2.24) is 9.21 Å². The van der Waals surface area contributed by atoms with Crippen molar-refractivity contribution in [1.29, 1.82) is 0 Å². The summed E-state index contributed by atoms with van der Waals surface area (Å²) >= 11 is 3.38. The molecule has 1 N–H and O–H groups in total. The van der Waals surface area contributed by atoms with Crippen molar-refractivity contribution in [3.05, 3.63) is 94.0 Å². The summed E-state index contributed by atoms with van der Waals surface area (Å²) in [4.78, 5) is 15.1. The van der Waals surface area contributed by atoms with E-state index >= 15 is 0 Å². The average Bonchev–Trinajstić information content (AvgIpc) is 2.82. The number of aryl methyl sites for hydroxylation is 1. The Morgan fingerprint density at radius 2 is 1.48 bits per heavy atom. The molecule has 1 saturated heterocycles. The quantitative estimate of drug-likeness (QED) is 0.511. The Morgan fingerprint density at radius 3 is 2.09 bits per heavy atom. The number of halogens is 1. The van der Waals surface area contributed by atoms with E-state index in [2.05, 4.69) is 26.1 Å². The van der Waals surface area contributed by atoms with Crippen LogP contribution in [0.3, 0.4) is 0 Å². The maximum absolute atomic E-state index is 12.9. The Kier molecular flexibility index (Phi) is 7.29. The van der Waals surface area contributed by atoms with Gasteiger partial charge in [-0.05, 0) is 61.0 Å². The molecule has 3 aromatic carbocycles. The largest absolute Gasteiger partial charge is 0.322 e. The van der Waals surface area contributed by atoms with E-state index in [1.807, 2.05) is 67.6 Å². The van der Waals surface area contributed by atoms with Gasteiger partial charge in [0.1, 0.15) is 0 Å². The highest BCUT2D eigenvalue weighted by Crippen LogP contribution is 2.20. The number of amides is 1. The minimum atomic E-state index is -3.46. The monoisotopic (exact) mass is 527 g/mol.